The molecule has 2 aromatic heterocycles. The molecular formula is C22H27F6N3O7. The molecule has 0 aliphatic carbocycles. The molecule has 2 saturated heterocycles. The first-order valence-electron chi connectivity index (χ1n) is 11.2. The molecule has 10 nitrogen and oxygen atoms in total. The number of fused-ring (bicyclic) bond motifs is 1. The van der Waals surface area contributed by atoms with Crippen LogP contribution in [-0.4, -0.2) is 88.4 Å². The van der Waals surface area contributed by atoms with Gasteiger partial charge in [-0.2, -0.15) is 26.3 Å². The quantitative estimate of drug-likeness (QED) is 0.525. The molecule has 2 fully saturated rings. The van der Waals surface area contributed by atoms with E-state index >= 15 is 0 Å². The molecule has 4 rings (SSSR count). The van der Waals surface area contributed by atoms with Crippen molar-refractivity contribution < 1.29 is 59.8 Å². The number of furan rings is 1. The predicted molar refractivity (Wildman–Crippen MR) is 116 cm³/mol. The first-order chi connectivity index (χ1) is 17.6. The maximum absolute atomic E-state index is 10.6. The minimum absolute atomic E-state index is 0.340. The minimum Gasteiger partial charge on any atom is -0.475 e. The van der Waals surface area contributed by atoms with Crippen molar-refractivity contribution in [3.05, 3.63) is 41.7 Å². The maximum Gasteiger partial charge on any atom is 0.490 e. The fourth-order valence-electron chi connectivity index (χ4n) is 4.26. The minimum atomic E-state index is -5.08. The largest absolute Gasteiger partial charge is 0.490 e. The number of hydrogen-bond acceptors (Lipinski definition) is 8. The Bertz CT molecular complexity index is 1000. The lowest BCUT2D eigenvalue weighted by atomic mass is 9.89. The summed E-state index contributed by atoms with van der Waals surface area (Å²) in [5.41, 5.74) is 1.02. The van der Waals surface area contributed by atoms with E-state index in [1.807, 2.05) is 32.2 Å². The van der Waals surface area contributed by atoms with E-state index in [1.165, 1.54) is 0 Å². The summed E-state index contributed by atoms with van der Waals surface area (Å²) in [5.74, 6) is -3.08. The third kappa shape index (κ3) is 9.33. The molecule has 0 saturated carbocycles. The van der Waals surface area contributed by atoms with Crippen LogP contribution in [0.5, 0.6) is 0 Å². The molecule has 16 heteroatoms. The second-order valence-electron chi connectivity index (χ2n) is 8.57. The van der Waals surface area contributed by atoms with E-state index in [0.717, 1.165) is 56.4 Å². The number of nitrogens with zero attached hydrogens (tertiary/aromatic N) is 3. The van der Waals surface area contributed by atoms with Gasteiger partial charge in [0.2, 0.25) is 0 Å². The van der Waals surface area contributed by atoms with Gasteiger partial charge in [0.05, 0.1) is 24.6 Å². The number of rotatable bonds is 5. The predicted octanol–water partition coefficient (Wildman–Crippen LogP) is 3.56. The van der Waals surface area contributed by atoms with Gasteiger partial charge in [-0.15, -0.1) is 0 Å². The number of alkyl halides is 6. The van der Waals surface area contributed by atoms with Crippen LogP contribution in [0, 0.1) is 12.8 Å². The summed E-state index contributed by atoms with van der Waals surface area (Å²) in [6, 6.07) is 6.53. The van der Waals surface area contributed by atoms with Gasteiger partial charge in [-0.1, -0.05) is 5.16 Å². The number of carboxylic acid groups (broad SMARTS) is 2. The molecule has 38 heavy (non-hydrogen) atoms. The van der Waals surface area contributed by atoms with Gasteiger partial charge in [0.25, 0.3) is 0 Å². The van der Waals surface area contributed by atoms with Crippen molar-refractivity contribution >= 4 is 11.9 Å². The number of likely N-dealkylation sites (tertiary alicyclic amines) is 2. The summed E-state index contributed by atoms with van der Waals surface area (Å²) in [6.45, 7) is 6.80. The van der Waals surface area contributed by atoms with Crippen molar-refractivity contribution in [2.75, 3.05) is 26.7 Å². The third-order valence-electron chi connectivity index (χ3n) is 5.85. The van der Waals surface area contributed by atoms with Crippen LogP contribution in [0.3, 0.4) is 0 Å². The number of aliphatic carboxylic acids is 2. The lowest BCUT2D eigenvalue weighted by Gasteiger charge is -2.40. The molecule has 3 atom stereocenters. The second-order valence-corrected chi connectivity index (χ2v) is 8.57. The highest BCUT2D eigenvalue weighted by Crippen LogP contribution is 2.34. The summed E-state index contributed by atoms with van der Waals surface area (Å²) >= 11 is 0. The Kier molecular flexibility index (Phi) is 10.7. The van der Waals surface area contributed by atoms with E-state index < -0.39 is 24.3 Å². The number of piperidine rings is 1. The lowest BCUT2D eigenvalue weighted by Crippen LogP contribution is -2.50. The number of ether oxygens (including phenoxy) is 1. The van der Waals surface area contributed by atoms with Crippen molar-refractivity contribution in [2.45, 2.75) is 50.9 Å². The first kappa shape index (κ1) is 31.1. The van der Waals surface area contributed by atoms with Crippen molar-refractivity contribution in [1.82, 2.24) is 15.0 Å². The van der Waals surface area contributed by atoms with Crippen molar-refractivity contribution in [3.8, 4) is 0 Å². The van der Waals surface area contributed by atoms with Crippen molar-refractivity contribution in [1.29, 1.82) is 0 Å². The summed E-state index contributed by atoms with van der Waals surface area (Å²) in [5, 5.41) is 18.4. The zero-order valence-electron chi connectivity index (χ0n) is 20.3. The highest BCUT2D eigenvalue weighted by molar-refractivity contribution is 5.73. The monoisotopic (exact) mass is 559 g/mol. The SMILES string of the molecule is CO[C@H]1CCN(Cc2cc(C)on2)[C@@H]2CN(Cc3ccco3)C[C@H]12.O=C(O)C(F)(F)F.O=C(O)C(F)(F)F. The summed E-state index contributed by atoms with van der Waals surface area (Å²) in [7, 11) is 1.84. The third-order valence-corrected chi connectivity index (χ3v) is 5.85. The number of halogens is 6. The van der Waals surface area contributed by atoms with E-state index in [-0.39, 0.29) is 0 Å². The zero-order valence-corrected chi connectivity index (χ0v) is 20.3. The smallest absolute Gasteiger partial charge is 0.475 e. The molecule has 2 aromatic rings. The molecule has 0 amide bonds. The Balaban J connectivity index is 0.000000301. The molecular weight excluding hydrogens is 532 g/mol. The topological polar surface area (TPSA) is 129 Å². The van der Waals surface area contributed by atoms with Crippen LogP contribution in [0.15, 0.2) is 33.4 Å². The van der Waals surface area contributed by atoms with E-state index in [4.69, 9.17) is 33.5 Å². The number of hydrogen-bond donors (Lipinski definition) is 2. The van der Waals surface area contributed by atoms with Crippen LogP contribution >= 0.6 is 0 Å². The number of methoxy groups -OCH3 is 1. The molecule has 0 aromatic carbocycles. The molecule has 214 valence electrons. The average Bonchev–Trinajstić information content (AvgIpc) is 3.55. The lowest BCUT2D eigenvalue weighted by molar-refractivity contribution is -0.193. The Morgan fingerprint density at radius 2 is 1.71 bits per heavy atom. The van der Waals surface area contributed by atoms with Crippen LogP contribution in [0.1, 0.15) is 23.6 Å². The van der Waals surface area contributed by atoms with E-state index in [1.54, 1.807) is 6.26 Å². The molecule has 4 heterocycles. The fraction of sp³-hybridized carbons (Fsp3) is 0.591. The molecule has 0 unspecified atom stereocenters. The van der Waals surface area contributed by atoms with Crippen molar-refractivity contribution in [3.63, 3.8) is 0 Å². The highest BCUT2D eigenvalue weighted by atomic mass is 19.4. The van der Waals surface area contributed by atoms with Crippen LogP contribution < -0.4 is 0 Å². The number of carbonyl (C=O) groups is 2. The number of aromatic nitrogens is 1. The standard InChI is InChI=1S/C18H25N3O3.2C2HF3O2/c1-13-8-14(19-24-13)9-21-6-5-18(22-2)16-11-20(12-17(16)21)10-15-4-3-7-23-15;2*3-2(4,5)1(6)7/h3-4,7-8,16-18H,5-6,9-12H2,1-2H3;2*(H,6,7)/t16-,17+,18-;;/m0../s1. The van der Waals surface area contributed by atoms with Gasteiger partial charge < -0.3 is 23.9 Å². The maximum atomic E-state index is 10.6. The molecule has 0 bridgehead atoms. The van der Waals surface area contributed by atoms with Gasteiger partial charge >= 0.3 is 24.3 Å². The Hall–Kier alpha value is -3.11. The van der Waals surface area contributed by atoms with E-state index in [0.29, 0.717) is 18.1 Å². The number of carboxylic acids is 2. The summed E-state index contributed by atoms with van der Waals surface area (Å²) in [6.07, 6.45) is -7.01. The number of aryl methyl sites for hydroxylation is 1. The highest BCUT2D eigenvalue weighted by Gasteiger charge is 2.44. The van der Waals surface area contributed by atoms with Gasteiger partial charge in [-0.05, 0) is 25.5 Å². The fourth-order valence-corrected chi connectivity index (χ4v) is 4.26. The van der Waals surface area contributed by atoms with E-state index in [2.05, 4.69) is 15.0 Å². The van der Waals surface area contributed by atoms with E-state index in [9.17, 15) is 26.3 Å². The normalized spacial score (nSPS) is 22.1. The van der Waals surface area contributed by atoms with Crippen LogP contribution in [0.4, 0.5) is 26.3 Å². The van der Waals surface area contributed by atoms with Gasteiger partial charge in [0, 0.05) is 51.3 Å². The molecule has 2 aliphatic heterocycles. The van der Waals surface area contributed by atoms with Gasteiger partial charge in [-0.3, -0.25) is 9.80 Å². The van der Waals surface area contributed by atoms with Crippen molar-refractivity contribution in [2.24, 2.45) is 5.92 Å². The molecule has 2 N–H and O–H groups in total. The van der Waals surface area contributed by atoms with Gasteiger partial charge in [0.15, 0.2) is 0 Å². The van der Waals surface area contributed by atoms with Crippen LogP contribution in [-0.2, 0) is 27.4 Å². The summed E-state index contributed by atoms with van der Waals surface area (Å²) < 4.78 is 80.0. The zero-order chi connectivity index (χ0) is 28.7. The Labute approximate surface area is 212 Å². The van der Waals surface area contributed by atoms with Crippen LogP contribution in [0.25, 0.3) is 0 Å². The van der Waals surface area contributed by atoms with Gasteiger partial charge in [0.1, 0.15) is 11.5 Å². The molecule has 0 radical (unpaired) electrons. The van der Waals surface area contributed by atoms with Gasteiger partial charge in [-0.25, -0.2) is 9.59 Å². The Morgan fingerprint density at radius 3 is 2.16 bits per heavy atom. The second kappa shape index (κ2) is 13.1. The summed E-state index contributed by atoms with van der Waals surface area (Å²) in [4.78, 5) is 22.8. The average molecular weight is 559 g/mol. The molecule has 2 aliphatic rings. The Morgan fingerprint density at radius 1 is 1.11 bits per heavy atom. The first-order valence-corrected chi connectivity index (χ1v) is 11.2. The molecule has 0 spiro atoms. The van der Waals surface area contributed by atoms with Crippen LogP contribution in [0.2, 0.25) is 0 Å².